The summed E-state index contributed by atoms with van der Waals surface area (Å²) in [5, 5.41) is 21.7. The van der Waals surface area contributed by atoms with Crippen LogP contribution in [0.4, 0.5) is 0 Å². The molecule has 0 unspecified atom stereocenters. The Hall–Kier alpha value is -1.87. The monoisotopic (exact) mass is 193 g/mol. The molecule has 0 aliphatic carbocycles. The van der Waals surface area contributed by atoms with Gasteiger partial charge >= 0.3 is 0 Å². The van der Waals surface area contributed by atoms with E-state index in [0.717, 1.165) is 5.56 Å². The second kappa shape index (κ2) is 4.99. The summed E-state index contributed by atoms with van der Waals surface area (Å²) >= 11 is 0. The molecule has 0 atom stereocenters. The highest BCUT2D eigenvalue weighted by Crippen LogP contribution is 2.21. The number of aryl methyl sites for hydroxylation is 1. The summed E-state index contributed by atoms with van der Waals surface area (Å²) in [6.07, 6.45) is 1.37. The predicted octanol–water partition coefficient (Wildman–Crippen LogP) is 2.34. The van der Waals surface area contributed by atoms with Crippen LogP contribution in [-0.4, -0.2) is 16.8 Å². The van der Waals surface area contributed by atoms with Gasteiger partial charge in [0.15, 0.2) is 0 Å². The Morgan fingerprint density at radius 1 is 1.21 bits per heavy atom. The number of hydrogen-bond donors (Lipinski definition) is 2. The van der Waals surface area contributed by atoms with E-state index in [1.54, 1.807) is 12.1 Å². The average Bonchev–Trinajstić information content (AvgIpc) is 2.11. The zero-order valence-electron chi connectivity index (χ0n) is 7.59. The van der Waals surface area contributed by atoms with Gasteiger partial charge in [0.2, 0.25) is 0 Å². The molecular formula is C9H11N3O2. The van der Waals surface area contributed by atoms with Crippen molar-refractivity contribution in [3.8, 4) is 11.5 Å². The van der Waals surface area contributed by atoms with Crippen LogP contribution in [0.5, 0.6) is 11.5 Å². The molecule has 0 spiro atoms. The van der Waals surface area contributed by atoms with Crippen molar-refractivity contribution < 1.29 is 10.2 Å². The van der Waals surface area contributed by atoms with Crippen molar-refractivity contribution >= 4 is 0 Å². The molecule has 0 aliphatic rings. The largest absolute Gasteiger partial charge is 0.508 e. The third kappa shape index (κ3) is 3.25. The van der Waals surface area contributed by atoms with Crippen molar-refractivity contribution in [1.29, 1.82) is 0 Å². The number of nitrogens with zero attached hydrogens (tertiary/aromatic N) is 3. The van der Waals surface area contributed by atoms with Gasteiger partial charge in [-0.25, -0.2) is 0 Å². The molecule has 1 aromatic carbocycles. The lowest BCUT2D eigenvalue weighted by molar-refractivity contribution is 0.449. The summed E-state index contributed by atoms with van der Waals surface area (Å²) in [6, 6.07) is 4.43. The molecular weight excluding hydrogens is 182 g/mol. The van der Waals surface area contributed by atoms with Crippen LogP contribution in [0, 0.1) is 0 Å². The van der Waals surface area contributed by atoms with E-state index < -0.39 is 0 Å². The fraction of sp³-hybridized carbons (Fsp3) is 0.333. The molecule has 0 saturated heterocycles. The van der Waals surface area contributed by atoms with Crippen LogP contribution in [0.2, 0.25) is 0 Å². The third-order valence-corrected chi connectivity index (χ3v) is 1.75. The maximum absolute atomic E-state index is 9.15. The maximum Gasteiger partial charge on any atom is 0.119 e. The molecule has 74 valence electrons. The number of azide groups is 1. The van der Waals surface area contributed by atoms with E-state index >= 15 is 0 Å². The molecule has 0 radical (unpaired) electrons. The molecule has 0 aromatic heterocycles. The topological polar surface area (TPSA) is 89.2 Å². The lowest BCUT2D eigenvalue weighted by Gasteiger charge is -2.01. The van der Waals surface area contributed by atoms with Gasteiger partial charge in [-0.15, -0.1) is 0 Å². The summed E-state index contributed by atoms with van der Waals surface area (Å²) in [6.45, 7) is 0.424. The fourth-order valence-corrected chi connectivity index (χ4v) is 1.20. The number of rotatable bonds is 4. The van der Waals surface area contributed by atoms with E-state index in [4.69, 9.17) is 15.7 Å². The molecule has 5 nitrogen and oxygen atoms in total. The van der Waals surface area contributed by atoms with Crippen LogP contribution in [0.25, 0.3) is 10.4 Å². The highest BCUT2D eigenvalue weighted by atomic mass is 16.3. The number of phenols is 2. The Labute approximate surface area is 81.2 Å². The maximum atomic E-state index is 9.15. The summed E-state index contributed by atoms with van der Waals surface area (Å²) in [5.74, 6) is 0.0903. The highest BCUT2D eigenvalue weighted by molar-refractivity contribution is 5.36. The summed E-state index contributed by atoms with van der Waals surface area (Å²) in [5.41, 5.74) is 8.86. The minimum absolute atomic E-state index is 0.0452. The van der Waals surface area contributed by atoms with E-state index in [1.807, 2.05) is 0 Å². The van der Waals surface area contributed by atoms with E-state index in [2.05, 4.69) is 10.0 Å². The normalized spacial score (nSPS) is 9.43. The number of benzene rings is 1. The molecule has 14 heavy (non-hydrogen) atoms. The fourth-order valence-electron chi connectivity index (χ4n) is 1.20. The lowest BCUT2D eigenvalue weighted by atomic mass is 10.1. The van der Waals surface area contributed by atoms with Gasteiger partial charge in [-0.05, 0) is 36.1 Å². The minimum Gasteiger partial charge on any atom is -0.508 e. The smallest absolute Gasteiger partial charge is 0.119 e. The van der Waals surface area contributed by atoms with Crippen LogP contribution in [0.3, 0.4) is 0 Å². The van der Waals surface area contributed by atoms with E-state index in [0.29, 0.717) is 19.4 Å². The second-order valence-corrected chi connectivity index (χ2v) is 2.92. The van der Waals surface area contributed by atoms with E-state index in [-0.39, 0.29) is 11.5 Å². The Balaban J connectivity index is 2.54. The van der Waals surface area contributed by atoms with Crippen molar-refractivity contribution in [2.24, 2.45) is 5.11 Å². The molecule has 0 bridgehead atoms. The summed E-state index contributed by atoms with van der Waals surface area (Å²) in [4.78, 5) is 2.63. The summed E-state index contributed by atoms with van der Waals surface area (Å²) < 4.78 is 0. The van der Waals surface area contributed by atoms with Crippen LogP contribution >= 0.6 is 0 Å². The predicted molar refractivity (Wildman–Crippen MR) is 52.1 cm³/mol. The Kier molecular flexibility index (Phi) is 3.64. The number of aromatic hydroxyl groups is 2. The van der Waals surface area contributed by atoms with Crippen molar-refractivity contribution in [2.75, 3.05) is 6.54 Å². The molecule has 0 saturated carbocycles. The Morgan fingerprint density at radius 2 is 1.86 bits per heavy atom. The van der Waals surface area contributed by atoms with Crippen LogP contribution in [-0.2, 0) is 6.42 Å². The molecule has 5 heteroatoms. The van der Waals surface area contributed by atoms with Crippen LogP contribution in [0.1, 0.15) is 12.0 Å². The van der Waals surface area contributed by atoms with Crippen LogP contribution < -0.4 is 0 Å². The van der Waals surface area contributed by atoms with Gasteiger partial charge in [-0.2, -0.15) is 0 Å². The van der Waals surface area contributed by atoms with Crippen molar-refractivity contribution in [2.45, 2.75) is 12.8 Å². The first-order valence-corrected chi connectivity index (χ1v) is 4.25. The standard InChI is InChI=1S/C9H11N3O2/c10-12-11-3-1-2-7-4-8(13)6-9(14)5-7/h4-6,13-14H,1-3H2. The SMILES string of the molecule is [N-]=[N+]=NCCCc1cc(O)cc(O)c1. The first-order chi connectivity index (χ1) is 6.72. The number of hydrogen-bond acceptors (Lipinski definition) is 3. The lowest BCUT2D eigenvalue weighted by Crippen LogP contribution is -1.87. The van der Waals surface area contributed by atoms with Gasteiger partial charge < -0.3 is 10.2 Å². The van der Waals surface area contributed by atoms with Gasteiger partial charge in [0.05, 0.1) is 0 Å². The van der Waals surface area contributed by atoms with Crippen molar-refractivity contribution in [3.63, 3.8) is 0 Å². The quantitative estimate of drug-likeness (QED) is 0.332. The van der Waals surface area contributed by atoms with Crippen molar-refractivity contribution in [3.05, 3.63) is 34.2 Å². The minimum atomic E-state index is 0.0452. The molecule has 1 rings (SSSR count). The molecule has 0 amide bonds. The van der Waals surface area contributed by atoms with Gasteiger partial charge in [0, 0.05) is 17.5 Å². The van der Waals surface area contributed by atoms with Gasteiger partial charge in [-0.1, -0.05) is 5.11 Å². The molecule has 0 aliphatic heterocycles. The van der Waals surface area contributed by atoms with Gasteiger partial charge in [0.1, 0.15) is 11.5 Å². The average molecular weight is 193 g/mol. The van der Waals surface area contributed by atoms with Crippen molar-refractivity contribution in [1.82, 2.24) is 0 Å². The van der Waals surface area contributed by atoms with E-state index in [9.17, 15) is 0 Å². The first-order valence-electron chi connectivity index (χ1n) is 4.25. The zero-order chi connectivity index (χ0) is 10.4. The summed E-state index contributed by atoms with van der Waals surface area (Å²) in [7, 11) is 0. The Bertz CT molecular complexity index is 339. The molecule has 0 heterocycles. The molecule has 0 fully saturated rings. The molecule has 2 N–H and O–H groups in total. The van der Waals surface area contributed by atoms with Gasteiger partial charge in [0.25, 0.3) is 0 Å². The van der Waals surface area contributed by atoms with E-state index in [1.165, 1.54) is 6.07 Å². The van der Waals surface area contributed by atoms with Gasteiger partial charge in [-0.3, -0.25) is 0 Å². The second-order valence-electron chi connectivity index (χ2n) is 2.92. The third-order valence-electron chi connectivity index (χ3n) is 1.75. The first kappa shape index (κ1) is 10.2. The van der Waals surface area contributed by atoms with Crippen LogP contribution in [0.15, 0.2) is 23.3 Å². The molecule has 1 aromatic rings. The number of phenolic OH excluding ortho intramolecular Hbond substituents is 2. The Morgan fingerprint density at radius 3 is 2.43 bits per heavy atom. The highest BCUT2D eigenvalue weighted by Gasteiger charge is 1.98. The zero-order valence-corrected chi connectivity index (χ0v) is 7.59.